The first-order valence-corrected chi connectivity index (χ1v) is 10.6. The van der Waals surface area contributed by atoms with Crippen molar-refractivity contribution in [3.8, 4) is 6.07 Å². The maximum atomic E-state index is 12.7. The van der Waals surface area contributed by atoms with Crippen LogP contribution in [0.15, 0.2) is 70.8 Å². The third-order valence-electron chi connectivity index (χ3n) is 4.98. The molecule has 0 spiro atoms. The molecule has 2 aromatic rings. The molecule has 0 aliphatic carbocycles. The fourth-order valence-electron chi connectivity index (χ4n) is 3.30. The maximum Gasteiger partial charge on any atom is 0.266 e. The van der Waals surface area contributed by atoms with Crippen LogP contribution in [-0.4, -0.2) is 48.4 Å². The molecule has 6 heteroatoms. The Kier molecular flexibility index (Phi) is 7.85. The van der Waals surface area contributed by atoms with Crippen molar-refractivity contribution < 1.29 is 4.79 Å². The van der Waals surface area contributed by atoms with Gasteiger partial charge in [-0.1, -0.05) is 58.4 Å². The number of carbonyl (C=O) groups is 1. The summed E-state index contributed by atoms with van der Waals surface area (Å²) >= 11 is 3.42. The summed E-state index contributed by atoms with van der Waals surface area (Å²) < 4.78 is 1.05. The lowest BCUT2D eigenvalue weighted by molar-refractivity contribution is -0.128. The predicted molar refractivity (Wildman–Crippen MR) is 118 cm³/mol. The standard InChI is InChI=1S/C23H25BrN4O/c24-22-8-6-19(7-9-22)10-11-26-17-21(16-25)23(29)28-14-12-27(13-15-28)18-20-4-2-1-3-5-20/h1-9,17,26H,10-15,18H2/b21-17-. The maximum absolute atomic E-state index is 12.7. The molecule has 3 rings (SSSR count). The minimum atomic E-state index is -0.192. The minimum absolute atomic E-state index is 0.164. The molecule has 0 radical (unpaired) electrons. The average molecular weight is 453 g/mol. The average Bonchev–Trinajstić information content (AvgIpc) is 2.76. The van der Waals surface area contributed by atoms with Crippen LogP contribution in [0.25, 0.3) is 0 Å². The summed E-state index contributed by atoms with van der Waals surface area (Å²) in [4.78, 5) is 16.8. The first-order chi connectivity index (χ1) is 14.2. The summed E-state index contributed by atoms with van der Waals surface area (Å²) in [6.07, 6.45) is 2.38. The van der Waals surface area contributed by atoms with Gasteiger partial charge in [-0.2, -0.15) is 5.26 Å². The van der Waals surface area contributed by atoms with E-state index in [1.54, 1.807) is 11.1 Å². The molecule has 1 N–H and O–H groups in total. The van der Waals surface area contributed by atoms with E-state index in [0.29, 0.717) is 19.6 Å². The second kappa shape index (κ2) is 10.8. The number of hydrogen-bond donors (Lipinski definition) is 1. The third-order valence-corrected chi connectivity index (χ3v) is 5.51. The zero-order valence-corrected chi connectivity index (χ0v) is 17.9. The van der Waals surface area contributed by atoms with Gasteiger partial charge in [-0.15, -0.1) is 0 Å². The van der Waals surface area contributed by atoms with Crippen LogP contribution >= 0.6 is 15.9 Å². The van der Waals surface area contributed by atoms with Gasteiger partial charge in [0.25, 0.3) is 5.91 Å². The van der Waals surface area contributed by atoms with Crippen LogP contribution in [-0.2, 0) is 17.8 Å². The smallest absolute Gasteiger partial charge is 0.266 e. The SMILES string of the molecule is N#C/C(=C/NCCc1ccc(Br)cc1)C(=O)N1CCN(Cc2ccccc2)CC1. The number of nitriles is 1. The molecule has 0 saturated carbocycles. The number of hydrogen-bond acceptors (Lipinski definition) is 4. The molecule has 0 atom stereocenters. The van der Waals surface area contributed by atoms with E-state index in [4.69, 9.17) is 0 Å². The number of nitrogens with one attached hydrogen (secondary N) is 1. The number of nitrogens with zero attached hydrogens (tertiary/aromatic N) is 3. The van der Waals surface area contributed by atoms with Gasteiger partial charge in [0.05, 0.1) is 0 Å². The van der Waals surface area contributed by atoms with E-state index in [-0.39, 0.29) is 11.5 Å². The van der Waals surface area contributed by atoms with Gasteiger partial charge in [-0.3, -0.25) is 9.69 Å². The lowest BCUT2D eigenvalue weighted by Crippen LogP contribution is -2.48. The van der Waals surface area contributed by atoms with E-state index < -0.39 is 0 Å². The molecule has 0 aromatic heterocycles. The second-order valence-corrected chi connectivity index (χ2v) is 7.97. The van der Waals surface area contributed by atoms with Gasteiger partial charge in [0, 0.05) is 49.9 Å². The molecule has 1 amide bonds. The number of rotatable bonds is 7. The van der Waals surface area contributed by atoms with E-state index in [1.807, 2.05) is 36.4 Å². The number of carbonyl (C=O) groups excluding carboxylic acids is 1. The molecule has 1 fully saturated rings. The van der Waals surface area contributed by atoms with E-state index in [9.17, 15) is 10.1 Å². The number of amides is 1. The topological polar surface area (TPSA) is 59.4 Å². The monoisotopic (exact) mass is 452 g/mol. The van der Waals surface area contributed by atoms with Gasteiger partial charge in [0.15, 0.2) is 0 Å². The quantitative estimate of drug-likeness (QED) is 0.397. The Morgan fingerprint density at radius 1 is 1.03 bits per heavy atom. The molecular formula is C23H25BrN4O. The van der Waals surface area contributed by atoms with Crippen LogP contribution in [0.2, 0.25) is 0 Å². The Balaban J connectivity index is 1.45. The van der Waals surface area contributed by atoms with Gasteiger partial charge < -0.3 is 10.2 Å². The van der Waals surface area contributed by atoms with Gasteiger partial charge >= 0.3 is 0 Å². The Labute approximate surface area is 180 Å². The van der Waals surface area contributed by atoms with E-state index >= 15 is 0 Å². The zero-order valence-electron chi connectivity index (χ0n) is 16.4. The largest absolute Gasteiger partial charge is 0.389 e. The van der Waals surface area contributed by atoms with Crippen LogP contribution in [0.3, 0.4) is 0 Å². The van der Waals surface area contributed by atoms with E-state index in [1.165, 1.54) is 11.1 Å². The van der Waals surface area contributed by atoms with E-state index in [0.717, 1.165) is 30.5 Å². The number of piperazine rings is 1. The lowest BCUT2D eigenvalue weighted by Gasteiger charge is -2.34. The summed E-state index contributed by atoms with van der Waals surface area (Å²) in [5.41, 5.74) is 2.64. The summed E-state index contributed by atoms with van der Waals surface area (Å²) in [7, 11) is 0. The predicted octanol–water partition coefficient (Wildman–Crippen LogP) is 3.33. The first-order valence-electron chi connectivity index (χ1n) is 9.79. The Morgan fingerprint density at radius 2 is 1.72 bits per heavy atom. The molecule has 1 aliphatic rings. The zero-order chi connectivity index (χ0) is 20.5. The van der Waals surface area contributed by atoms with Crippen LogP contribution < -0.4 is 5.32 Å². The fraction of sp³-hybridized carbons (Fsp3) is 0.304. The summed E-state index contributed by atoms with van der Waals surface area (Å²) in [5.74, 6) is -0.192. The van der Waals surface area contributed by atoms with Crippen LogP contribution in [0.5, 0.6) is 0 Å². The Bertz CT molecular complexity index is 866. The third kappa shape index (κ3) is 6.45. The van der Waals surface area contributed by atoms with Crippen molar-refractivity contribution in [3.63, 3.8) is 0 Å². The van der Waals surface area contributed by atoms with Crippen molar-refractivity contribution in [2.45, 2.75) is 13.0 Å². The highest BCUT2D eigenvalue weighted by Crippen LogP contribution is 2.12. The van der Waals surface area contributed by atoms with Crippen molar-refractivity contribution >= 4 is 21.8 Å². The summed E-state index contributed by atoms with van der Waals surface area (Å²) in [6.45, 7) is 4.48. The van der Waals surface area contributed by atoms with Gasteiger partial charge in [-0.05, 0) is 29.7 Å². The molecule has 0 bridgehead atoms. The van der Waals surface area contributed by atoms with Gasteiger partial charge in [0.2, 0.25) is 0 Å². The molecule has 0 unspecified atom stereocenters. The van der Waals surface area contributed by atoms with Crippen LogP contribution in [0.1, 0.15) is 11.1 Å². The molecule has 2 aromatic carbocycles. The second-order valence-electron chi connectivity index (χ2n) is 7.05. The number of benzene rings is 2. The summed E-state index contributed by atoms with van der Waals surface area (Å²) in [6, 6.07) is 20.5. The minimum Gasteiger partial charge on any atom is -0.389 e. The molecule has 150 valence electrons. The molecule has 29 heavy (non-hydrogen) atoms. The van der Waals surface area contributed by atoms with Crippen molar-refractivity contribution in [2.24, 2.45) is 0 Å². The summed E-state index contributed by atoms with van der Waals surface area (Å²) in [5, 5.41) is 12.5. The molecule has 1 aliphatic heterocycles. The van der Waals surface area contributed by atoms with Crippen molar-refractivity contribution in [3.05, 3.63) is 82.0 Å². The van der Waals surface area contributed by atoms with Crippen molar-refractivity contribution in [2.75, 3.05) is 32.7 Å². The van der Waals surface area contributed by atoms with Gasteiger partial charge in [0.1, 0.15) is 11.6 Å². The molecule has 1 saturated heterocycles. The molecule has 5 nitrogen and oxygen atoms in total. The van der Waals surface area contributed by atoms with E-state index in [2.05, 4.69) is 50.4 Å². The highest BCUT2D eigenvalue weighted by molar-refractivity contribution is 9.10. The number of halogens is 1. The Morgan fingerprint density at radius 3 is 2.38 bits per heavy atom. The highest BCUT2D eigenvalue weighted by Gasteiger charge is 2.23. The van der Waals surface area contributed by atoms with Crippen LogP contribution in [0, 0.1) is 11.3 Å². The van der Waals surface area contributed by atoms with Gasteiger partial charge in [-0.25, -0.2) is 0 Å². The first kappa shape index (κ1) is 21.1. The van der Waals surface area contributed by atoms with Crippen molar-refractivity contribution in [1.29, 1.82) is 5.26 Å². The Hall–Kier alpha value is -2.62. The fourth-order valence-corrected chi connectivity index (χ4v) is 3.57. The molecule has 1 heterocycles. The normalized spacial score (nSPS) is 15.0. The highest BCUT2D eigenvalue weighted by atomic mass is 79.9. The van der Waals surface area contributed by atoms with Crippen LogP contribution in [0.4, 0.5) is 0 Å². The van der Waals surface area contributed by atoms with Crippen molar-refractivity contribution in [1.82, 2.24) is 15.1 Å². The lowest BCUT2D eigenvalue weighted by atomic mass is 10.1. The molecular weight excluding hydrogens is 428 g/mol.